The maximum absolute atomic E-state index is 10.3. The van der Waals surface area contributed by atoms with Crippen molar-refractivity contribution in [3.63, 3.8) is 0 Å². The van der Waals surface area contributed by atoms with Gasteiger partial charge in [-0.3, -0.25) is 0 Å². The minimum absolute atomic E-state index is 0.206. The lowest BCUT2D eigenvalue weighted by molar-refractivity contribution is 0.171. The van der Waals surface area contributed by atoms with Crippen molar-refractivity contribution in [2.24, 2.45) is 5.41 Å². The van der Waals surface area contributed by atoms with Crippen molar-refractivity contribution in [1.82, 2.24) is 10.3 Å². The Kier molecular flexibility index (Phi) is 4.19. The van der Waals surface area contributed by atoms with Crippen molar-refractivity contribution in [1.29, 1.82) is 0 Å². The molecule has 1 heterocycles. The van der Waals surface area contributed by atoms with Gasteiger partial charge in [-0.25, -0.2) is 0 Å². The Morgan fingerprint density at radius 1 is 1.37 bits per heavy atom. The minimum atomic E-state index is -0.559. The SMILES string of the molecule is CC(C)(C)CNCC(O)c1c[nH]c2cccc(Cl)c12. The number of H-pyrrole nitrogens is 1. The molecule has 4 heteroatoms. The highest BCUT2D eigenvalue weighted by molar-refractivity contribution is 6.35. The van der Waals surface area contributed by atoms with E-state index in [1.165, 1.54) is 0 Å². The van der Waals surface area contributed by atoms with E-state index in [1.54, 1.807) is 0 Å². The van der Waals surface area contributed by atoms with Gasteiger partial charge in [-0.15, -0.1) is 0 Å². The zero-order valence-corrected chi connectivity index (χ0v) is 12.4. The van der Waals surface area contributed by atoms with E-state index in [4.69, 9.17) is 11.6 Å². The first-order valence-corrected chi connectivity index (χ1v) is 6.90. The van der Waals surface area contributed by atoms with Crippen molar-refractivity contribution in [3.8, 4) is 0 Å². The summed E-state index contributed by atoms with van der Waals surface area (Å²) in [6, 6.07) is 5.70. The Balaban J connectivity index is 2.11. The molecule has 1 aromatic carbocycles. The van der Waals surface area contributed by atoms with Gasteiger partial charge in [-0.2, -0.15) is 0 Å². The number of benzene rings is 1. The average molecular weight is 281 g/mol. The summed E-state index contributed by atoms with van der Waals surface area (Å²) < 4.78 is 0. The maximum atomic E-state index is 10.3. The smallest absolute Gasteiger partial charge is 0.0935 e. The third-order valence-corrected chi connectivity index (χ3v) is 3.35. The molecule has 0 aliphatic heterocycles. The van der Waals surface area contributed by atoms with E-state index in [-0.39, 0.29) is 5.41 Å². The van der Waals surface area contributed by atoms with Crippen LogP contribution in [0, 0.1) is 5.41 Å². The highest BCUT2D eigenvalue weighted by Gasteiger charge is 2.16. The number of aliphatic hydroxyl groups excluding tert-OH is 1. The lowest BCUT2D eigenvalue weighted by Crippen LogP contribution is -2.30. The van der Waals surface area contributed by atoms with Crippen molar-refractivity contribution >= 4 is 22.5 Å². The van der Waals surface area contributed by atoms with Gasteiger partial charge in [0.25, 0.3) is 0 Å². The van der Waals surface area contributed by atoms with Crippen LogP contribution in [-0.4, -0.2) is 23.2 Å². The molecule has 0 fully saturated rings. The van der Waals surface area contributed by atoms with Gasteiger partial charge in [-0.05, 0) is 17.5 Å². The molecule has 3 N–H and O–H groups in total. The van der Waals surface area contributed by atoms with Gasteiger partial charge in [0.1, 0.15) is 0 Å². The number of rotatable bonds is 4. The van der Waals surface area contributed by atoms with Gasteiger partial charge in [0.2, 0.25) is 0 Å². The molecule has 0 saturated heterocycles. The highest BCUT2D eigenvalue weighted by atomic mass is 35.5. The molecule has 1 atom stereocenters. The van der Waals surface area contributed by atoms with Crippen molar-refractivity contribution in [3.05, 3.63) is 35.0 Å². The number of aliphatic hydroxyl groups is 1. The summed E-state index contributed by atoms with van der Waals surface area (Å²) in [5, 5.41) is 15.2. The fourth-order valence-electron chi connectivity index (χ4n) is 2.12. The molecule has 0 spiro atoms. The zero-order chi connectivity index (χ0) is 14.0. The van der Waals surface area contributed by atoms with Crippen molar-refractivity contribution < 1.29 is 5.11 Å². The van der Waals surface area contributed by atoms with E-state index < -0.39 is 6.10 Å². The van der Waals surface area contributed by atoms with Crippen LogP contribution in [0.3, 0.4) is 0 Å². The number of fused-ring (bicyclic) bond motifs is 1. The van der Waals surface area contributed by atoms with Gasteiger partial charge in [0, 0.05) is 35.8 Å². The van der Waals surface area contributed by atoms with Crippen LogP contribution in [0.25, 0.3) is 10.9 Å². The fourth-order valence-corrected chi connectivity index (χ4v) is 2.41. The third-order valence-electron chi connectivity index (χ3n) is 3.04. The second kappa shape index (κ2) is 5.53. The lowest BCUT2D eigenvalue weighted by atomic mass is 9.97. The molecule has 19 heavy (non-hydrogen) atoms. The molecule has 0 bridgehead atoms. The fraction of sp³-hybridized carbons (Fsp3) is 0.467. The molecule has 0 aliphatic carbocycles. The number of halogens is 1. The Labute approximate surface area is 119 Å². The summed E-state index contributed by atoms with van der Waals surface area (Å²) in [7, 11) is 0. The monoisotopic (exact) mass is 280 g/mol. The van der Waals surface area contributed by atoms with Gasteiger partial charge in [-0.1, -0.05) is 38.4 Å². The molecule has 0 amide bonds. The van der Waals surface area contributed by atoms with Crippen molar-refractivity contribution in [2.45, 2.75) is 26.9 Å². The molecule has 2 rings (SSSR count). The van der Waals surface area contributed by atoms with Crippen LogP contribution in [0.1, 0.15) is 32.4 Å². The molecular weight excluding hydrogens is 260 g/mol. The quantitative estimate of drug-likeness (QED) is 0.803. The predicted octanol–water partition coefficient (Wildman–Crippen LogP) is 3.49. The van der Waals surface area contributed by atoms with E-state index >= 15 is 0 Å². The first kappa shape index (κ1) is 14.4. The van der Waals surface area contributed by atoms with E-state index in [2.05, 4.69) is 31.1 Å². The first-order chi connectivity index (χ1) is 8.88. The molecule has 1 aromatic heterocycles. The molecule has 2 aromatic rings. The average Bonchev–Trinajstić information content (AvgIpc) is 2.72. The Morgan fingerprint density at radius 2 is 2.11 bits per heavy atom. The number of aromatic nitrogens is 1. The molecule has 0 aliphatic rings. The second-order valence-electron chi connectivity index (χ2n) is 6.11. The Bertz CT molecular complexity index is 557. The van der Waals surface area contributed by atoms with E-state index in [0.29, 0.717) is 11.6 Å². The minimum Gasteiger partial charge on any atom is -0.387 e. The normalized spacial score (nSPS) is 13.9. The predicted molar refractivity (Wildman–Crippen MR) is 80.6 cm³/mol. The molecule has 1 unspecified atom stereocenters. The third kappa shape index (κ3) is 3.50. The number of hydrogen-bond donors (Lipinski definition) is 3. The van der Waals surface area contributed by atoms with E-state index in [0.717, 1.165) is 23.0 Å². The van der Waals surface area contributed by atoms with Crippen LogP contribution in [0.5, 0.6) is 0 Å². The van der Waals surface area contributed by atoms with E-state index in [1.807, 2.05) is 24.4 Å². The second-order valence-corrected chi connectivity index (χ2v) is 6.52. The molecule has 0 radical (unpaired) electrons. The largest absolute Gasteiger partial charge is 0.387 e. The van der Waals surface area contributed by atoms with Crippen LogP contribution in [-0.2, 0) is 0 Å². The van der Waals surface area contributed by atoms with Crippen LogP contribution < -0.4 is 5.32 Å². The zero-order valence-electron chi connectivity index (χ0n) is 11.6. The molecule has 104 valence electrons. The van der Waals surface area contributed by atoms with Crippen LogP contribution in [0.15, 0.2) is 24.4 Å². The summed E-state index contributed by atoms with van der Waals surface area (Å²) in [5.74, 6) is 0. The first-order valence-electron chi connectivity index (χ1n) is 6.53. The van der Waals surface area contributed by atoms with Crippen LogP contribution in [0.4, 0.5) is 0 Å². The van der Waals surface area contributed by atoms with Gasteiger partial charge >= 0.3 is 0 Å². The summed E-state index contributed by atoms with van der Waals surface area (Å²) in [5.41, 5.74) is 2.01. The Morgan fingerprint density at radius 3 is 2.79 bits per heavy atom. The van der Waals surface area contributed by atoms with Crippen LogP contribution >= 0.6 is 11.6 Å². The maximum Gasteiger partial charge on any atom is 0.0935 e. The molecule has 0 saturated carbocycles. The number of hydrogen-bond acceptors (Lipinski definition) is 2. The summed E-state index contributed by atoms with van der Waals surface area (Å²) in [4.78, 5) is 3.14. The molecular formula is C15H21ClN2O. The molecule has 3 nitrogen and oxygen atoms in total. The van der Waals surface area contributed by atoms with Gasteiger partial charge < -0.3 is 15.4 Å². The highest BCUT2D eigenvalue weighted by Crippen LogP contribution is 2.30. The van der Waals surface area contributed by atoms with Crippen molar-refractivity contribution in [2.75, 3.05) is 13.1 Å². The standard InChI is InChI=1S/C15H21ClN2O/c1-15(2,3)9-17-8-13(19)10-7-18-12-6-4-5-11(16)14(10)12/h4-7,13,17-19H,8-9H2,1-3H3. The summed E-state index contributed by atoms with van der Waals surface area (Å²) in [6.45, 7) is 7.87. The number of aromatic amines is 1. The van der Waals surface area contributed by atoms with Gasteiger partial charge in [0.15, 0.2) is 0 Å². The summed E-state index contributed by atoms with van der Waals surface area (Å²) in [6.07, 6.45) is 1.27. The number of nitrogens with one attached hydrogen (secondary N) is 2. The lowest BCUT2D eigenvalue weighted by Gasteiger charge is -2.20. The Hall–Kier alpha value is -1.03. The summed E-state index contributed by atoms with van der Waals surface area (Å²) >= 11 is 6.20. The topological polar surface area (TPSA) is 48.0 Å². The van der Waals surface area contributed by atoms with Crippen LogP contribution in [0.2, 0.25) is 5.02 Å². The van der Waals surface area contributed by atoms with Gasteiger partial charge in [0.05, 0.1) is 11.1 Å². The van der Waals surface area contributed by atoms with E-state index in [9.17, 15) is 5.11 Å².